The molecule has 4 rings (SSSR count). The average Bonchev–Trinajstić information content (AvgIpc) is 2.95. The van der Waals surface area contributed by atoms with Crippen molar-refractivity contribution in [3.8, 4) is 11.5 Å². The Morgan fingerprint density at radius 1 is 1.06 bits per heavy atom. The van der Waals surface area contributed by atoms with Crippen LogP contribution in [-0.4, -0.2) is 32.1 Å². The van der Waals surface area contributed by atoms with Gasteiger partial charge in [0.1, 0.15) is 5.92 Å². The molecule has 0 aromatic heterocycles. The van der Waals surface area contributed by atoms with Gasteiger partial charge >= 0.3 is 5.97 Å². The van der Waals surface area contributed by atoms with E-state index in [0.29, 0.717) is 23.5 Å². The summed E-state index contributed by atoms with van der Waals surface area (Å²) in [5.41, 5.74) is 3.80. The van der Waals surface area contributed by atoms with E-state index in [-0.39, 0.29) is 17.8 Å². The highest BCUT2D eigenvalue weighted by atomic mass is 16.5. The van der Waals surface area contributed by atoms with Crippen molar-refractivity contribution in [1.82, 2.24) is 0 Å². The van der Waals surface area contributed by atoms with E-state index in [1.54, 1.807) is 7.11 Å². The summed E-state index contributed by atoms with van der Waals surface area (Å²) in [5, 5.41) is 6.99. The smallest absolute Gasteiger partial charge is 0.316 e. The number of nitrogens with one attached hydrogen (secondary N) is 2. The second-order valence-corrected chi connectivity index (χ2v) is 8.73. The van der Waals surface area contributed by atoms with Crippen LogP contribution in [0.4, 0.5) is 11.4 Å². The zero-order chi connectivity index (χ0) is 23.7. The van der Waals surface area contributed by atoms with Gasteiger partial charge in [0.05, 0.1) is 37.7 Å². The van der Waals surface area contributed by atoms with E-state index in [0.717, 1.165) is 22.6 Å². The number of methoxy groups -OCH3 is 2. The van der Waals surface area contributed by atoms with Gasteiger partial charge in [-0.2, -0.15) is 0 Å². The molecule has 0 fully saturated rings. The predicted octanol–water partition coefficient (Wildman–Crippen LogP) is 4.71. The molecule has 174 valence electrons. The summed E-state index contributed by atoms with van der Waals surface area (Å²) >= 11 is 0. The second-order valence-electron chi connectivity index (χ2n) is 8.73. The molecule has 33 heavy (non-hydrogen) atoms. The van der Waals surface area contributed by atoms with Gasteiger partial charge < -0.3 is 24.8 Å². The minimum atomic E-state index is -0.860. The number of carbonyl (C=O) groups is 2. The fourth-order valence-corrected chi connectivity index (χ4v) is 4.65. The number of Topliss-reactive ketones (excluding diaryl/α,β-unsaturated/α-hetero) is 1. The van der Waals surface area contributed by atoms with E-state index in [1.165, 1.54) is 7.11 Å². The van der Waals surface area contributed by atoms with Crippen LogP contribution < -0.4 is 20.1 Å². The molecule has 0 unspecified atom stereocenters. The number of rotatable bonds is 5. The van der Waals surface area contributed by atoms with Crippen molar-refractivity contribution >= 4 is 23.1 Å². The molecule has 0 saturated heterocycles. The Bertz CT molecular complexity index is 1110. The zero-order valence-electron chi connectivity index (χ0n) is 19.6. The molecule has 7 nitrogen and oxygen atoms in total. The average molecular weight is 451 g/mol. The Morgan fingerprint density at radius 2 is 1.79 bits per heavy atom. The van der Waals surface area contributed by atoms with E-state index < -0.39 is 17.9 Å². The Kier molecular flexibility index (Phi) is 6.31. The maximum Gasteiger partial charge on any atom is 0.316 e. The van der Waals surface area contributed by atoms with Crippen molar-refractivity contribution in [2.75, 3.05) is 24.9 Å². The van der Waals surface area contributed by atoms with E-state index >= 15 is 0 Å². The van der Waals surface area contributed by atoms with Crippen LogP contribution in [0.3, 0.4) is 0 Å². The summed E-state index contributed by atoms with van der Waals surface area (Å²) in [5.74, 6) is -0.660. The number of ketones is 1. The molecular weight excluding hydrogens is 420 g/mol. The highest BCUT2D eigenvalue weighted by Crippen LogP contribution is 2.47. The first-order valence-electron chi connectivity index (χ1n) is 11.2. The second kappa shape index (κ2) is 9.17. The Labute approximate surface area is 194 Å². The number of ether oxygens (including phenoxy) is 3. The van der Waals surface area contributed by atoms with Crippen molar-refractivity contribution in [2.24, 2.45) is 11.8 Å². The number of hydrogen-bond acceptors (Lipinski definition) is 7. The highest BCUT2D eigenvalue weighted by molar-refractivity contribution is 6.11. The van der Waals surface area contributed by atoms with Gasteiger partial charge in [0, 0.05) is 16.8 Å². The molecule has 0 amide bonds. The number of esters is 1. The predicted molar refractivity (Wildman–Crippen MR) is 127 cm³/mol. The first-order valence-corrected chi connectivity index (χ1v) is 11.2. The molecule has 3 atom stereocenters. The minimum absolute atomic E-state index is 0.102. The fourth-order valence-electron chi connectivity index (χ4n) is 4.65. The van der Waals surface area contributed by atoms with Gasteiger partial charge in [0.15, 0.2) is 17.3 Å². The third kappa shape index (κ3) is 4.15. The van der Waals surface area contributed by atoms with E-state index in [4.69, 9.17) is 14.2 Å². The Hall–Kier alpha value is -3.48. The van der Waals surface area contributed by atoms with Crippen LogP contribution in [0.2, 0.25) is 0 Å². The number of allylic oxidation sites excluding steroid dienone is 1. The standard InChI is InChI=1S/C26H30N2O5/c1-14(2)33-25-16(9-8-12-20(25)31-4)23-22-19(27-17-10-6-7-11-18(17)28-23)13-15(3)21(24(22)29)26(30)32-5/h6-12,14-15,21,23,27-28H,13H2,1-5H3/t15-,21+,23+/m0/s1. The fraction of sp³-hybridized carbons (Fsp3) is 0.385. The maximum absolute atomic E-state index is 13.8. The van der Waals surface area contributed by atoms with Crippen molar-refractivity contribution in [3.05, 3.63) is 59.3 Å². The van der Waals surface area contributed by atoms with Gasteiger partial charge in [-0.25, -0.2) is 0 Å². The maximum atomic E-state index is 13.8. The molecular formula is C26H30N2O5. The third-order valence-electron chi connectivity index (χ3n) is 6.12. The molecule has 2 aromatic rings. The molecule has 1 heterocycles. The Morgan fingerprint density at radius 3 is 2.45 bits per heavy atom. The minimum Gasteiger partial charge on any atom is -0.493 e. The van der Waals surface area contributed by atoms with Crippen molar-refractivity contribution in [1.29, 1.82) is 0 Å². The molecule has 2 aromatic carbocycles. The first-order chi connectivity index (χ1) is 15.8. The normalized spacial score (nSPS) is 21.9. The van der Waals surface area contributed by atoms with Crippen LogP contribution in [0.15, 0.2) is 53.7 Å². The summed E-state index contributed by atoms with van der Waals surface area (Å²) in [6.07, 6.45) is 0.437. The lowest BCUT2D eigenvalue weighted by Gasteiger charge is -2.33. The van der Waals surface area contributed by atoms with Crippen LogP contribution in [0.1, 0.15) is 38.8 Å². The van der Waals surface area contributed by atoms with Crippen LogP contribution in [0, 0.1) is 11.8 Å². The molecule has 7 heteroatoms. The van der Waals surface area contributed by atoms with Gasteiger partial charge in [-0.1, -0.05) is 31.2 Å². The van der Waals surface area contributed by atoms with Crippen LogP contribution >= 0.6 is 0 Å². The number of hydrogen-bond donors (Lipinski definition) is 2. The molecule has 2 aliphatic rings. The monoisotopic (exact) mass is 450 g/mol. The first kappa shape index (κ1) is 22.7. The summed E-state index contributed by atoms with van der Waals surface area (Å²) in [6.45, 7) is 5.79. The summed E-state index contributed by atoms with van der Waals surface area (Å²) < 4.78 is 16.8. The van der Waals surface area contributed by atoms with Gasteiger partial charge in [-0.3, -0.25) is 9.59 Å². The molecule has 0 spiro atoms. The lowest BCUT2D eigenvalue weighted by molar-refractivity contribution is -0.151. The van der Waals surface area contributed by atoms with Crippen molar-refractivity contribution in [3.63, 3.8) is 0 Å². The third-order valence-corrected chi connectivity index (χ3v) is 6.12. The van der Waals surface area contributed by atoms with Crippen LogP contribution in [0.25, 0.3) is 0 Å². The highest BCUT2D eigenvalue weighted by Gasteiger charge is 2.45. The quantitative estimate of drug-likeness (QED) is 0.504. The molecule has 1 aliphatic heterocycles. The number of anilines is 2. The van der Waals surface area contributed by atoms with E-state index in [9.17, 15) is 9.59 Å². The number of benzene rings is 2. The molecule has 1 aliphatic carbocycles. The van der Waals surface area contributed by atoms with E-state index in [2.05, 4.69) is 10.6 Å². The van der Waals surface area contributed by atoms with Gasteiger partial charge in [0.25, 0.3) is 0 Å². The van der Waals surface area contributed by atoms with Crippen LogP contribution in [0.5, 0.6) is 11.5 Å². The number of carbonyl (C=O) groups excluding carboxylic acids is 2. The van der Waals surface area contributed by atoms with Crippen molar-refractivity contribution < 1.29 is 23.8 Å². The molecule has 0 radical (unpaired) electrons. The molecule has 2 N–H and O–H groups in total. The largest absolute Gasteiger partial charge is 0.493 e. The molecule has 0 bridgehead atoms. The SMILES string of the molecule is COC(=O)[C@H]1C(=O)C2=C(C[C@@H]1C)Nc1ccccc1N[C@@H]2c1cccc(OC)c1OC(C)C. The lowest BCUT2D eigenvalue weighted by Crippen LogP contribution is -2.39. The molecule has 0 saturated carbocycles. The van der Waals surface area contributed by atoms with Gasteiger partial charge in [-0.05, 0) is 44.4 Å². The Balaban J connectivity index is 1.93. The van der Waals surface area contributed by atoms with E-state index in [1.807, 2.05) is 63.2 Å². The summed E-state index contributed by atoms with van der Waals surface area (Å²) in [6, 6.07) is 12.9. The topological polar surface area (TPSA) is 85.9 Å². The van der Waals surface area contributed by atoms with Crippen molar-refractivity contribution in [2.45, 2.75) is 39.3 Å². The van der Waals surface area contributed by atoms with Gasteiger partial charge in [0.2, 0.25) is 0 Å². The number of fused-ring (bicyclic) bond motifs is 1. The van der Waals surface area contributed by atoms with Crippen LogP contribution in [-0.2, 0) is 14.3 Å². The lowest BCUT2D eigenvalue weighted by atomic mass is 9.74. The van der Waals surface area contributed by atoms with Gasteiger partial charge in [-0.15, -0.1) is 0 Å². The number of para-hydroxylation sites is 3. The summed E-state index contributed by atoms with van der Waals surface area (Å²) in [7, 11) is 2.91. The zero-order valence-corrected chi connectivity index (χ0v) is 19.6. The summed E-state index contributed by atoms with van der Waals surface area (Å²) in [4.78, 5) is 26.4.